The van der Waals surface area contributed by atoms with Gasteiger partial charge in [0, 0.05) is 35.1 Å². The molecule has 3 amide bonds. The second kappa shape index (κ2) is 6.07. The van der Waals surface area contributed by atoms with E-state index in [4.69, 9.17) is 11.6 Å². The molecule has 0 aromatic heterocycles. The molecule has 6 heteroatoms. The number of halogens is 1. The molecule has 1 aliphatic rings. The number of carbonyl (C=O) groups is 2. The summed E-state index contributed by atoms with van der Waals surface area (Å²) < 4.78 is 0. The topological polar surface area (TPSA) is 61.4 Å². The Morgan fingerprint density at radius 1 is 1.18 bits per heavy atom. The molecule has 22 heavy (non-hydrogen) atoms. The Balaban J connectivity index is 1.72. The summed E-state index contributed by atoms with van der Waals surface area (Å²) in [4.78, 5) is 25.4. The Hall–Kier alpha value is -2.53. The van der Waals surface area contributed by atoms with E-state index in [1.807, 2.05) is 0 Å². The molecule has 1 fully saturated rings. The largest absolute Gasteiger partial charge is 0.336 e. The van der Waals surface area contributed by atoms with Crippen LogP contribution in [0.1, 0.15) is 10.4 Å². The normalized spacial score (nSPS) is 13.9. The van der Waals surface area contributed by atoms with Crippen LogP contribution >= 0.6 is 11.6 Å². The quantitative estimate of drug-likeness (QED) is 0.914. The number of anilines is 2. The van der Waals surface area contributed by atoms with E-state index in [1.54, 1.807) is 53.4 Å². The Morgan fingerprint density at radius 2 is 1.95 bits per heavy atom. The van der Waals surface area contributed by atoms with Gasteiger partial charge in [-0.1, -0.05) is 17.7 Å². The third kappa shape index (κ3) is 3.04. The predicted octanol–water partition coefficient (Wildman–Crippen LogP) is 3.12. The standard InChI is InChI=1S/C16H14ClN3O2/c17-12-2-1-3-13(10-12)19-15(21)11-4-6-14(7-5-11)20-9-8-18-16(20)22/h1-7,10H,8-9H2,(H,18,22)(H,19,21). The maximum Gasteiger partial charge on any atom is 0.321 e. The van der Waals surface area contributed by atoms with Gasteiger partial charge in [-0.05, 0) is 42.5 Å². The van der Waals surface area contributed by atoms with Crippen molar-refractivity contribution in [1.82, 2.24) is 5.32 Å². The van der Waals surface area contributed by atoms with E-state index in [0.29, 0.717) is 29.4 Å². The van der Waals surface area contributed by atoms with Crippen molar-refractivity contribution >= 4 is 34.9 Å². The molecule has 2 aromatic rings. The lowest BCUT2D eigenvalue weighted by Gasteiger charge is -2.14. The number of urea groups is 1. The Kier molecular flexibility index (Phi) is 3.98. The van der Waals surface area contributed by atoms with Gasteiger partial charge < -0.3 is 10.6 Å². The molecule has 0 aliphatic carbocycles. The molecule has 0 saturated carbocycles. The second-order valence-electron chi connectivity index (χ2n) is 4.89. The Labute approximate surface area is 132 Å². The van der Waals surface area contributed by atoms with Gasteiger partial charge in [0.2, 0.25) is 0 Å². The van der Waals surface area contributed by atoms with Gasteiger partial charge in [-0.2, -0.15) is 0 Å². The summed E-state index contributed by atoms with van der Waals surface area (Å²) in [5, 5.41) is 6.08. The van der Waals surface area contributed by atoms with E-state index in [9.17, 15) is 9.59 Å². The van der Waals surface area contributed by atoms with Gasteiger partial charge in [0.1, 0.15) is 0 Å². The third-order valence-electron chi connectivity index (χ3n) is 3.38. The number of nitrogens with one attached hydrogen (secondary N) is 2. The van der Waals surface area contributed by atoms with Crippen LogP contribution in [-0.4, -0.2) is 25.0 Å². The maximum absolute atomic E-state index is 12.2. The molecule has 2 N–H and O–H groups in total. The van der Waals surface area contributed by atoms with E-state index in [2.05, 4.69) is 10.6 Å². The van der Waals surface area contributed by atoms with Gasteiger partial charge >= 0.3 is 6.03 Å². The predicted molar refractivity (Wildman–Crippen MR) is 86.6 cm³/mol. The van der Waals surface area contributed by atoms with E-state index >= 15 is 0 Å². The van der Waals surface area contributed by atoms with Crippen molar-refractivity contribution in [3.05, 3.63) is 59.1 Å². The average molecular weight is 316 g/mol. The van der Waals surface area contributed by atoms with Crippen LogP contribution in [0.15, 0.2) is 48.5 Å². The fourth-order valence-corrected chi connectivity index (χ4v) is 2.47. The molecule has 1 saturated heterocycles. The SMILES string of the molecule is O=C(Nc1cccc(Cl)c1)c1ccc(N2CCNC2=O)cc1. The zero-order valence-electron chi connectivity index (χ0n) is 11.7. The number of carbonyl (C=O) groups excluding carboxylic acids is 2. The number of rotatable bonds is 3. The highest BCUT2D eigenvalue weighted by atomic mass is 35.5. The zero-order valence-corrected chi connectivity index (χ0v) is 12.4. The van der Waals surface area contributed by atoms with Crippen molar-refractivity contribution in [2.45, 2.75) is 0 Å². The molecule has 1 aliphatic heterocycles. The van der Waals surface area contributed by atoms with Gasteiger partial charge in [0.15, 0.2) is 0 Å². The van der Waals surface area contributed by atoms with Crippen LogP contribution in [0.2, 0.25) is 5.02 Å². The summed E-state index contributed by atoms with van der Waals surface area (Å²) in [5.74, 6) is -0.223. The molecule has 2 aromatic carbocycles. The highest BCUT2D eigenvalue weighted by Gasteiger charge is 2.21. The fourth-order valence-electron chi connectivity index (χ4n) is 2.28. The molecule has 3 rings (SSSR count). The van der Waals surface area contributed by atoms with Gasteiger partial charge in [0.25, 0.3) is 5.91 Å². The lowest BCUT2D eigenvalue weighted by molar-refractivity contribution is 0.102. The lowest BCUT2D eigenvalue weighted by atomic mass is 10.1. The average Bonchev–Trinajstić information content (AvgIpc) is 2.93. The van der Waals surface area contributed by atoms with Crippen molar-refractivity contribution < 1.29 is 9.59 Å². The van der Waals surface area contributed by atoms with Crippen molar-refractivity contribution in [1.29, 1.82) is 0 Å². The third-order valence-corrected chi connectivity index (χ3v) is 3.62. The van der Waals surface area contributed by atoms with Crippen LogP contribution in [0.25, 0.3) is 0 Å². The van der Waals surface area contributed by atoms with E-state index in [-0.39, 0.29) is 11.9 Å². The Morgan fingerprint density at radius 3 is 2.59 bits per heavy atom. The second-order valence-corrected chi connectivity index (χ2v) is 5.33. The van der Waals surface area contributed by atoms with Gasteiger partial charge in [0.05, 0.1) is 0 Å². The van der Waals surface area contributed by atoms with Gasteiger partial charge in [-0.3, -0.25) is 9.69 Å². The van der Waals surface area contributed by atoms with Crippen LogP contribution in [0, 0.1) is 0 Å². The first-order valence-electron chi connectivity index (χ1n) is 6.86. The summed E-state index contributed by atoms with van der Waals surface area (Å²) in [7, 11) is 0. The van der Waals surface area contributed by atoms with E-state index in [1.165, 1.54) is 0 Å². The summed E-state index contributed by atoms with van der Waals surface area (Å²) in [6.45, 7) is 1.27. The van der Waals surface area contributed by atoms with Crippen LogP contribution in [0.5, 0.6) is 0 Å². The first kappa shape index (κ1) is 14.4. The number of nitrogens with zero attached hydrogens (tertiary/aromatic N) is 1. The van der Waals surface area contributed by atoms with Crippen LogP contribution in [0.4, 0.5) is 16.2 Å². The zero-order chi connectivity index (χ0) is 15.5. The fraction of sp³-hybridized carbons (Fsp3) is 0.125. The van der Waals surface area contributed by atoms with E-state index in [0.717, 1.165) is 5.69 Å². The monoisotopic (exact) mass is 315 g/mol. The van der Waals surface area contributed by atoms with E-state index < -0.39 is 0 Å². The summed E-state index contributed by atoms with van der Waals surface area (Å²) in [6, 6.07) is 13.8. The highest BCUT2D eigenvalue weighted by Crippen LogP contribution is 2.19. The first-order chi connectivity index (χ1) is 10.6. The molecule has 0 spiro atoms. The van der Waals surface area contributed by atoms with Crippen LogP contribution < -0.4 is 15.5 Å². The molecule has 0 atom stereocenters. The lowest BCUT2D eigenvalue weighted by Crippen LogP contribution is -2.27. The van der Waals surface area contributed by atoms with Crippen molar-refractivity contribution in [3.63, 3.8) is 0 Å². The molecule has 1 heterocycles. The minimum Gasteiger partial charge on any atom is -0.336 e. The van der Waals surface area contributed by atoms with Crippen molar-refractivity contribution in [2.24, 2.45) is 0 Å². The number of amides is 3. The summed E-state index contributed by atoms with van der Waals surface area (Å²) in [6.07, 6.45) is 0. The molecule has 112 valence electrons. The molecule has 5 nitrogen and oxygen atoms in total. The summed E-state index contributed by atoms with van der Waals surface area (Å²) in [5.41, 5.74) is 1.93. The molecule has 0 radical (unpaired) electrons. The maximum atomic E-state index is 12.2. The Bertz CT molecular complexity index is 716. The smallest absolute Gasteiger partial charge is 0.321 e. The molecule has 0 bridgehead atoms. The number of hydrogen-bond donors (Lipinski definition) is 2. The number of hydrogen-bond acceptors (Lipinski definition) is 2. The number of benzene rings is 2. The molecular weight excluding hydrogens is 302 g/mol. The molecule has 0 unspecified atom stereocenters. The highest BCUT2D eigenvalue weighted by molar-refractivity contribution is 6.31. The van der Waals surface area contributed by atoms with Crippen molar-refractivity contribution in [3.8, 4) is 0 Å². The van der Waals surface area contributed by atoms with Gasteiger partial charge in [-0.25, -0.2) is 4.79 Å². The summed E-state index contributed by atoms with van der Waals surface area (Å²) >= 11 is 5.89. The van der Waals surface area contributed by atoms with Crippen LogP contribution in [0.3, 0.4) is 0 Å². The minimum absolute atomic E-state index is 0.115. The molecular formula is C16H14ClN3O2. The van der Waals surface area contributed by atoms with Crippen molar-refractivity contribution in [2.75, 3.05) is 23.3 Å². The van der Waals surface area contributed by atoms with Crippen LogP contribution in [-0.2, 0) is 0 Å². The minimum atomic E-state index is -0.223. The van der Waals surface area contributed by atoms with Gasteiger partial charge in [-0.15, -0.1) is 0 Å². The first-order valence-corrected chi connectivity index (χ1v) is 7.23.